The summed E-state index contributed by atoms with van der Waals surface area (Å²) in [6.45, 7) is 2.09. The number of ether oxygens (including phenoxy) is 1. The third kappa shape index (κ3) is 2.82. The number of amides is 1. The summed E-state index contributed by atoms with van der Waals surface area (Å²) in [6, 6.07) is 10.7. The number of thiophene rings is 1. The Labute approximate surface area is 164 Å². The van der Waals surface area contributed by atoms with Gasteiger partial charge in [-0.25, -0.2) is 4.79 Å². The third-order valence-corrected chi connectivity index (χ3v) is 7.11. The summed E-state index contributed by atoms with van der Waals surface area (Å²) in [6.07, 6.45) is 0. The Morgan fingerprint density at radius 2 is 2.08 bits per heavy atom. The number of esters is 1. The van der Waals surface area contributed by atoms with Crippen LogP contribution < -0.4 is 4.90 Å². The second-order valence-corrected chi connectivity index (χ2v) is 8.31. The zero-order valence-corrected chi connectivity index (χ0v) is 16.4. The van der Waals surface area contributed by atoms with E-state index in [0.29, 0.717) is 23.0 Å². The highest BCUT2D eigenvalue weighted by molar-refractivity contribution is 8.00. The van der Waals surface area contributed by atoms with Crippen LogP contribution in [0.1, 0.15) is 27.5 Å². The highest BCUT2D eigenvalue weighted by Crippen LogP contribution is 2.47. The summed E-state index contributed by atoms with van der Waals surface area (Å²) in [5.41, 5.74) is 1.14. The molecule has 5 nitrogen and oxygen atoms in total. The van der Waals surface area contributed by atoms with Crippen LogP contribution in [0.4, 0.5) is 5.69 Å². The molecule has 4 rings (SSSR count). The first-order valence-electron chi connectivity index (χ1n) is 8.20. The fraction of sp³-hybridized carbons (Fsp3) is 0.278. The average molecular weight is 405 g/mol. The van der Waals surface area contributed by atoms with Crippen LogP contribution in [-0.2, 0) is 9.53 Å². The van der Waals surface area contributed by atoms with Gasteiger partial charge in [-0.3, -0.25) is 9.69 Å². The molecule has 2 saturated heterocycles. The molecule has 0 unspecified atom stereocenters. The number of rotatable bonds is 4. The van der Waals surface area contributed by atoms with Gasteiger partial charge in [0.15, 0.2) is 5.11 Å². The molecule has 134 valence electrons. The summed E-state index contributed by atoms with van der Waals surface area (Å²) >= 11 is 9.07. The van der Waals surface area contributed by atoms with E-state index in [0.717, 1.165) is 5.75 Å². The van der Waals surface area contributed by atoms with Crippen LogP contribution in [0.15, 0.2) is 41.8 Å². The number of thiocarbonyl (C=S) groups is 1. The molecule has 1 amide bonds. The summed E-state index contributed by atoms with van der Waals surface area (Å²) in [5.74, 6) is 0.341. The Morgan fingerprint density at radius 1 is 1.31 bits per heavy atom. The minimum absolute atomic E-state index is 0.00885. The minimum atomic E-state index is -0.371. The fourth-order valence-corrected chi connectivity index (χ4v) is 6.02. The monoisotopic (exact) mass is 404 g/mol. The van der Waals surface area contributed by atoms with Gasteiger partial charge in [0, 0.05) is 10.6 Å². The number of hydrogen-bond donors (Lipinski definition) is 0. The lowest BCUT2D eigenvalue weighted by atomic mass is 10.2. The largest absolute Gasteiger partial charge is 0.462 e. The lowest BCUT2D eigenvalue weighted by molar-refractivity contribution is -0.119. The Morgan fingerprint density at radius 3 is 2.73 bits per heavy atom. The minimum Gasteiger partial charge on any atom is -0.462 e. The predicted molar refractivity (Wildman–Crippen MR) is 108 cm³/mol. The van der Waals surface area contributed by atoms with E-state index in [2.05, 4.69) is 6.07 Å². The van der Waals surface area contributed by atoms with Crippen molar-refractivity contribution in [3.63, 3.8) is 0 Å². The molecule has 0 bridgehead atoms. The van der Waals surface area contributed by atoms with Gasteiger partial charge in [-0.2, -0.15) is 0 Å². The van der Waals surface area contributed by atoms with Crippen molar-refractivity contribution >= 4 is 58.0 Å². The van der Waals surface area contributed by atoms with Gasteiger partial charge in [-0.05, 0) is 54.9 Å². The quantitative estimate of drug-likeness (QED) is 0.572. The van der Waals surface area contributed by atoms with E-state index in [1.807, 2.05) is 16.3 Å². The van der Waals surface area contributed by atoms with Gasteiger partial charge in [-0.1, -0.05) is 6.07 Å². The van der Waals surface area contributed by atoms with Crippen molar-refractivity contribution in [1.82, 2.24) is 4.90 Å². The maximum absolute atomic E-state index is 12.9. The van der Waals surface area contributed by atoms with Crippen molar-refractivity contribution in [3.8, 4) is 0 Å². The molecule has 2 aliphatic rings. The Bertz CT molecular complexity index is 851. The number of carbonyl (C=O) groups excluding carboxylic acids is 2. The summed E-state index contributed by atoms with van der Waals surface area (Å²) in [4.78, 5) is 29.5. The summed E-state index contributed by atoms with van der Waals surface area (Å²) in [7, 11) is 0. The van der Waals surface area contributed by atoms with Gasteiger partial charge in [-0.15, -0.1) is 23.1 Å². The van der Waals surface area contributed by atoms with E-state index in [-0.39, 0.29) is 23.3 Å². The first-order valence-corrected chi connectivity index (χ1v) is 10.5. The van der Waals surface area contributed by atoms with Crippen LogP contribution in [0.5, 0.6) is 0 Å². The van der Waals surface area contributed by atoms with Gasteiger partial charge in [0.2, 0.25) is 0 Å². The standard InChI is InChI=1S/C18H16N2O3S3/c1-2-23-17(22)11-5-7-12(8-6-11)19-15(21)13-10-26-16(20(13)18(19)24)14-4-3-9-25-14/h3-9,13,16H,2,10H2,1H3/t13-,16+/m1/s1. The van der Waals surface area contributed by atoms with Crippen LogP contribution >= 0.6 is 35.3 Å². The van der Waals surface area contributed by atoms with Crippen molar-refractivity contribution in [2.45, 2.75) is 18.3 Å². The second-order valence-electron chi connectivity index (χ2n) is 5.85. The van der Waals surface area contributed by atoms with Gasteiger partial charge >= 0.3 is 5.97 Å². The number of benzene rings is 1. The van der Waals surface area contributed by atoms with E-state index in [4.69, 9.17) is 17.0 Å². The average Bonchev–Trinajstić information content (AvgIpc) is 3.35. The third-order valence-electron chi connectivity index (χ3n) is 4.34. The van der Waals surface area contributed by atoms with Gasteiger partial charge in [0.25, 0.3) is 5.91 Å². The van der Waals surface area contributed by atoms with Crippen LogP contribution in [0, 0.1) is 0 Å². The number of nitrogens with zero attached hydrogens (tertiary/aromatic N) is 2. The zero-order chi connectivity index (χ0) is 18.3. The van der Waals surface area contributed by atoms with E-state index >= 15 is 0 Å². The number of anilines is 1. The van der Waals surface area contributed by atoms with Crippen LogP contribution in [0.25, 0.3) is 0 Å². The molecule has 2 fully saturated rings. The van der Waals surface area contributed by atoms with Crippen LogP contribution in [-0.4, -0.2) is 40.3 Å². The maximum atomic E-state index is 12.9. The molecular formula is C18H16N2O3S3. The zero-order valence-electron chi connectivity index (χ0n) is 14.0. The predicted octanol–water partition coefficient (Wildman–Crippen LogP) is 3.67. The van der Waals surface area contributed by atoms with Gasteiger partial charge in [0.05, 0.1) is 17.9 Å². The number of fused-ring (bicyclic) bond motifs is 1. The molecule has 0 saturated carbocycles. The molecule has 0 aliphatic carbocycles. The molecule has 8 heteroatoms. The molecule has 1 aromatic heterocycles. The Balaban J connectivity index is 1.59. The maximum Gasteiger partial charge on any atom is 0.338 e. The van der Waals surface area contributed by atoms with Crippen molar-refractivity contribution in [2.24, 2.45) is 0 Å². The number of hydrogen-bond acceptors (Lipinski definition) is 6. The van der Waals surface area contributed by atoms with Gasteiger partial charge in [0.1, 0.15) is 11.4 Å². The van der Waals surface area contributed by atoms with Crippen LogP contribution in [0.3, 0.4) is 0 Å². The van der Waals surface area contributed by atoms with E-state index in [1.54, 1.807) is 59.2 Å². The molecule has 26 heavy (non-hydrogen) atoms. The molecule has 0 radical (unpaired) electrons. The molecule has 0 spiro atoms. The van der Waals surface area contributed by atoms with Crippen LogP contribution in [0.2, 0.25) is 0 Å². The van der Waals surface area contributed by atoms with Gasteiger partial charge < -0.3 is 9.64 Å². The molecule has 1 aromatic carbocycles. The Hall–Kier alpha value is -1.90. The molecule has 0 N–H and O–H groups in total. The molecule has 2 aliphatic heterocycles. The highest BCUT2D eigenvalue weighted by Gasteiger charge is 2.51. The van der Waals surface area contributed by atoms with Crippen molar-refractivity contribution in [3.05, 3.63) is 52.2 Å². The highest BCUT2D eigenvalue weighted by atomic mass is 32.2. The molecular weight excluding hydrogens is 388 g/mol. The first kappa shape index (κ1) is 17.5. The lowest BCUT2D eigenvalue weighted by Crippen LogP contribution is -2.33. The Kier molecular flexibility index (Phi) is 4.73. The first-order chi connectivity index (χ1) is 12.6. The fourth-order valence-electron chi connectivity index (χ4n) is 3.14. The lowest BCUT2D eigenvalue weighted by Gasteiger charge is -2.24. The number of thioether (sulfide) groups is 1. The van der Waals surface area contributed by atoms with E-state index < -0.39 is 0 Å². The summed E-state index contributed by atoms with van der Waals surface area (Å²) < 4.78 is 5.00. The smallest absolute Gasteiger partial charge is 0.338 e. The van der Waals surface area contributed by atoms with Crippen molar-refractivity contribution in [1.29, 1.82) is 0 Å². The SMILES string of the molecule is CCOC(=O)c1ccc(N2C(=O)[C@H]3CS[C@@H](c4cccs4)N3C2=S)cc1. The summed E-state index contributed by atoms with van der Waals surface area (Å²) in [5, 5.41) is 2.64. The second kappa shape index (κ2) is 7.02. The molecule has 3 heterocycles. The number of carbonyl (C=O) groups is 2. The van der Waals surface area contributed by atoms with E-state index in [1.165, 1.54) is 4.88 Å². The van der Waals surface area contributed by atoms with E-state index in [9.17, 15) is 9.59 Å². The van der Waals surface area contributed by atoms with Crippen molar-refractivity contribution < 1.29 is 14.3 Å². The molecule has 2 aromatic rings. The topological polar surface area (TPSA) is 49.9 Å². The normalized spacial score (nSPS) is 22.0. The molecule has 2 atom stereocenters. The van der Waals surface area contributed by atoms with Crippen molar-refractivity contribution in [2.75, 3.05) is 17.3 Å².